The fourth-order valence-electron chi connectivity index (χ4n) is 5.09. The fourth-order valence-corrected chi connectivity index (χ4v) is 5.09. The van der Waals surface area contributed by atoms with Crippen LogP contribution in [-0.4, -0.2) is 187 Å². The molecule has 0 spiro atoms. The molecular weight excluding hydrogens is 702 g/mol. The van der Waals surface area contributed by atoms with Crippen LogP contribution in [0.4, 0.5) is 0 Å². The molecular formula is C30H34N4Na2O15. The van der Waals surface area contributed by atoms with Crippen molar-refractivity contribution < 1.29 is 73.6 Å². The molecule has 51 heavy (non-hydrogen) atoms. The van der Waals surface area contributed by atoms with Crippen LogP contribution in [0.1, 0.15) is 29.6 Å². The minimum absolute atomic E-state index is 0. The second-order valence-corrected chi connectivity index (χ2v) is 11.1. The van der Waals surface area contributed by atoms with Gasteiger partial charge in [0.1, 0.15) is 47.9 Å². The van der Waals surface area contributed by atoms with Crippen molar-refractivity contribution in [2.45, 2.75) is 61.3 Å². The molecule has 2 aliphatic heterocycles. The van der Waals surface area contributed by atoms with Crippen LogP contribution in [0, 0.1) is 0 Å². The zero-order valence-electron chi connectivity index (χ0n) is 27.4. The van der Waals surface area contributed by atoms with Crippen molar-refractivity contribution in [1.29, 1.82) is 0 Å². The van der Waals surface area contributed by atoms with Crippen LogP contribution in [0.15, 0.2) is 48.5 Å². The summed E-state index contributed by atoms with van der Waals surface area (Å²) in [5, 5.41) is 62.8. The van der Waals surface area contributed by atoms with Gasteiger partial charge in [-0.05, 0) is 35.4 Å². The summed E-state index contributed by atoms with van der Waals surface area (Å²) in [6, 6.07) is 6.13. The maximum absolute atomic E-state index is 13.1. The summed E-state index contributed by atoms with van der Waals surface area (Å²) in [6.07, 6.45) is -8.87. The maximum atomic E-state index is 13.1. The number of rotatable bonds is 16. The summed E-state index contributed by atoms with van der Waals surface area (Å²) in [6.45, 7) is -0.179. The number of β-lactam (4-membered cyclic amide) rings is 1. The molecule has 2 fully saturated rings. The van der Waals surface area contributed by atoms with Crippen LogP contribution < -0.4 is 25.8 Å². The average molecular weight is 737 g/mol. The molecule has 2 aliphatic rings. The largest absolute Gasteiger partial charge is 0.494 e. The van der Waals surface area contributed by atoms with Gasteiger partial charge in [0.2, 0.25) is 24.5 Å². The number of nitrogens with one attached hydrogen (secondary N) is 2. The number of carboxylic acid groups (broad SMARTS) is 3. The smallest absolute Gasteiger partial charge is 0.335 e. The fraction of sp³-hybridized carbons (Fsp3) is 0.400. The number of likely N-dealkylation sites (tertiary alicyclic amines) is 1. The molecule has 0 aliphatic carbocycles. The van der Waals surface area contributed by atoms with Crippen molar-refractivity contribution in [2.75, 3.05) is 13.2 Å². The minimum atomic E-state index is -1.92. The van der Waals surface area contributed by atoms with E-state index in [1.807, 2.05) is 0 Å². The molecule has 2 radical (unpaired) electrons. The Morgan fingerprint density at radius 2 is 1.49 bits per heavy atom. The topological polar surface area (TPSA) is 305 Å². The van der Waals surface area contributed by atoms with Crippen molar-refractivity contribution in [3.63, 3.8) is 0 Å². The van der Waals surface area contributed by atoms with Gasteiger partial charge in [0.05, 0.1) is 13.2 Å². The molecule has 0 saturated carbocycles. The van der Waals surface area contributed by atoms with Gasteiger partial charge in [-0.2, -0.15) is 0 Å². The Kier molecular flexibility index (Phi) is 16.7. The number of nitrogens with two attached hydrogens (primary N) is 1. The molecule has 3 amide bonds. The summed E-state index contributed by atoms with van der Waals surface area (Å²) in [5.74, 6) is -5.32. The molecule has 10 N–H and O–H groups in total. The van der Waals surface area contributed by atoms with E-state index in [2.05, 4.69) is 10.6 Å². The van der Waals surface area contributed by atoms with Gasteiger partial charge < -0.3 is 66.1 Å². The number of aliphatic hydroxyl groups is 3. The number of hydrogen-bond donors (Lipinski definition) is 9. The average Bonchev–Trinajstić information content (AvgIpc) is 3.07. The monoisotopic (exact) mass is 736 g/mol. The van der Waals surface area contributed by atoms with Crippen LogP contribution in [0.5, 0.6) is 11.5 Å². The van der Waals surface area contributed by atoms with Gasteiger partial charge in [-0.25, -0.2) is 9.59 Å². The molecule has 9 unspecified atom stereocenters. The number of ether oxygens (including phenoxy) is 3. The van der Waals surface area contributed by atoms with Gasteiger partial charge in [0.25, 0.3) is 0 Å². The van der Waals surface area contributed by atoms with E-state index in [1.165, 1.54) is 48.5 Å². The van der Waals surface area contributed by atoms with Crippen LogP contribution in [0.25, 0.3) is 0 Å². The van der Waals surface area contributed by atoms with Crippen LogP contribution in [-0.2, 0) is 33.5 Å². The first-order valence-corrected chi connectivity index (χ1v) is 14.7. The Bertz CT molecular complexity index is 1550. The van der Waals surface area contributed by atoms with Gasteiger partial charge in [0.15, 0.2) is 12.1 Å². The summed E-state index contributed by atoms with van der Waals surface area (Å²) < 4.78 is 15.9. The van der Waals surface area contributed by atoms with E-state index in [0.717, 1.165) is 4.90 Å². The third-order valence-corrected chi connectivity index (χ3v) is 7.81. The molecule has 19 nitrogen and oxygen atoms in total. The molecule has 266 valence electrons. The van der Waals surface area contributed by atoms with E-state index in [1.54, 1.807) is 0 Å². The predicted molar refractivity (Wildman–Crippen MR) is 171 cm³/mol. The second kappa shape index (κ2) is 19.5. The number of aliphatic carboxylic acids is 3. The first-order chi connectivity index (χ1) is 23.2. The quantitative estimate of drug-likeness (QED) is 0.0455. The van der Waals surface area contributed by atoms with E-state index < -0.39 is 84.6 Å². The summed E-state index contributed by atoms with van der Waals surface area (Å²) in [7, 11) is 0. The molecule has 0 aromatic heterocycles. The number of carbonyl (C=O) groups is 6. The Hall–Kier alpha value is -3.34. The zero-order chi connectivity index (χ0) is 36.0. The molecule has 2 heterocycles. The van der Waals surface area contributed by atoms with E-state index in [9.17, 15) is 54.3 Å². The number of carbonyl (C=O) groups excluding carboxylic acids is 3. The number of amides is 3. The number of hydrogen-bond acceptors (Lipinski definition) is 13. The van der Waals surface area contributed by atoms with Crippen molar-refractivity contribution in [3.8, 4) is 11.5 Å². The Morgan fingerprint density at radius 3 is 2.02 bits per heavy atom. The standard InChI is InChI=1S/C30H34N4O15.2Na/c31-17(27(41)42)9-10-47-15-5-1-13(2-6-15)19(32-12-35)25(39)33-18-11-34(26(18)40)20(28(43)44)14-3-7-16(8-4-14)48-30-23(38)21(36)22(37)24(49-30)29(45)46;;/h1-8,12,17-24,30,36-38H,9-11,31H2,(H,32,35)(H,33,39)(H,41,42)(H,43,44)(H,45,46);;. The Morgan fingerprint density at radius 1 is 0.902 bits per heavy atom. The Balaban J connectivity index is 0.00000451. The van der Waals surface area contributed by atoms with Gasteiger partial charge in [-0.1, -0.05) is 24.3 Å². The summed E-state index contributed by atoms with van der Waals surface area (Å²) in [5.41, 5.74) is 5.88. The van der Waals surface area contributed by atoms with E-state index in [0.29, 0.717) is 17.7 Å². The van der Waals surface area contributed by atoms with Crippen molar-refractivity contribution in [1.82, 2.24) is 15.5 Å². The zero-order valence-corrected chi connectivity index (χ0v) is 31.4. The third-order valence-electron chi connectivity index (χ3n) is 7.81. The molecule has 2 aromatic carbocycles. The summed E-state index contributed by atoms with van der Waals surface area (Å²) in [4.78, 5) is 72.7. The molecule has 21 heteroatoms. The Labute approximate surface area is 333 Å². The van der Waals surface area contributed by atoms with E-state index >= 15 is 0 Å². The van der Waals surface area contributed by atoms with Gasteiger partial charge in [-0.3, -0.25) is 19.2 Å². The van der Waals surface area contributed by atoms with Crippen molar-refractivity contribution in [3.05, 3.63) is 59.7 Å². The van der Waals surface area contributed by atoms with Crippen LogP contribution in [0.3, 0.4) is 0 Å². The maximum Gasteiger partial charge on any atom is 0.335 e. The minimum Gasteiger partial charge on any atom is -0.494 e. The molecule has 2 aromatic rings. The van der Waals surface area contributed by atoms with Crippen molar-refractivity contribution >= 4 is 95.2 Å². The van der Waals surface area contributed by atoms with Gasteiger partial charge >= 0.3 is 17.9 Å². The van der Waals surface area contributed by atoms with Crippen LogP contribution >= 0.6 is 0 Å². The SMILES string of the molecule is NC(CCOc1ccc(C(NC=O)C(=O)NC2CN(C(C(=O)O)c3ccc(OC4OC(C(=O)O)C(O)C(O)C4O)cc3)C2=O)cc1)C(=O)O.[Na].[Na]. The first-order valence-electron chi connectivity index (χ1n) is 14.7. The predicted octanol–water partition coefficient (Wildman–Crippen LogP) is -3.68. The van der Waals surface area contributed by atoms with Crippen molar-refractivity contribution in [2.24, 2.45) is 5.73 Å². The number of nitrogens with zero attached hydrogens (tertiary/aromatic N) is 1. The van der Waals surface area contributed by atoms with Crippen LogP contribution in [0.2, 0.25) is 0 Å². The van der Waals surface area contributed by atoms with Gasteiger partial charge in [0, 0.05) is 65.5 Å². The molecule has 4 rings (SSSR count). The summed E-state index contributed by atoms with van der Waals surface area (Å²) >= 11 is 0. The normalized spacial score (nSPS) is 24.2. The molecule has 0 bridgehead atoms. The van der Waals surface area contributed by atoms with Gasteiger partial charge in [-0.15, -0.1) is 0 Å². The second-order valence-electron chi connectivity index (χ2n) is 11.1. The van der Waals surface area contributed by atoms with E-state index in [4.69, 9.17) is 25.1 Å². The number of aliphatic hydroxyl groups excluding tert-OH is 3. The first kappa shape index (κ1) is 43.8. The number of benzene rings is 2. The molecule has 9 atom stereocenters. The number of carboxylic acids is 3. The van der Waals surface area contributed by atoms with E-state index in [-0.39, 0.29) is 90.0 Å². The third kappa shape index (κ3) is 10.6. The molecule has 2 saturated heterocycles.